The Balaban J connectivity index is 1.91. The number of nitrogens with zero attached hydrogens (tertiary/aromatic N) is 1. The highest BCUT2D eigenvalue weighted by Gasteiger charge is 2.08. The van der Waals surface area contributed by atoms with Gasteiger partial charge < -0.3 is 10.5 Å². The summed E-state index contributed by atoms with van der Waals surface area (Å²) >= 11 is 0. The van der Waals surface area contributed by atoms with Crippen LogP contribution in [0, 0.1) is 5.82 Å². The van der Waals surface area contributed by atoms with Crippen LogP contribution < -0.4 is 10.5 Å². The van der Waals surface area contributed by atoms with Gasteiger partial charge in [0.2, 0.25) is 0 Å². The number of aromatic nitrogens is 1. The highest BCUT2D eigenvalue weighted by atomic mass is 19.1. The number of benzene rings is 2. The van der Waals surface area contributed by atoms with Crippen molar-refractivity contribution >= 4 is 10.9 Å². The van der Waals surface area contributed by atoms with Crippen LogP contribution >= 0.6 is 0 Å². The molecular formula is C17H15FN2O. The number of pyridine rings is 1. The van der Waals surface area contributed by atoms with Crippen molar-refractivity contribution in [3.63, 3.8) is 0 Å². The second-order valence-corrected chi connectivity index (χ2v) is 4.94. The summed E-state index contributed by atoms with van der Waals surface area (Å²) in [6, 6.07) is 13.9. The summed E-state index contributed by atoms with van der Waals surface area (Å²) in [7, 11) is 0. The fourth-order valence-corrected chi connectivity index (χ4v) is 2.12. The minimum absolute atomic E-state index is 0.176. The van der Waals surface area contributed by atoms with Gasteiger partial charge in [-0.25, -0.2) is 4.39 Å². The van der Waals surface area contributed by atoms with Gasteiger partial charge in [0.25, 0.3) is 0 Å². The highest BCUT2D eigenvalue weighted by Crippen LogP contribution is 2.28. The maximum atomic E-state index is 14.0. The molecule has 0 bridgehead atoms. The molecule has 3 aromatic rings. The van der Waals surface area contributed by atoms with E-state index in [2.05, 4.69) is 4.98 Å². The molecule has 1 atom stereocenters. The molecule has 1 unspecified atom stereocenters. The van der Waals surface area contributed by atoms with E-state index in [-0.39, 0.29) is 11.8 Å². The van der Waals surface area contributed by atoms with Crippen molar-refractivity contribution in [2.24, 2.45) is 5.73 Å². The molecule has 1 heterocycles. The topological polar surface area (TPSA) is 48.1 Å². The number of fused-ring (bicyclic) bond motifs is 1. The monoisotopic (exact) mass is 282 g/mol. The first-order valence-corrected chi connectivity index (χ1v) is 6.71. The first-order chi connectivity index (χ1) is 10.1. The summed E-state index contributed by atoms with van der Waals surface area (Å²) in [5.74, 6) is 0.300. The van der Waals surface area contributed by atoms with Gasteiger partial charge in [-0.15, -0.1) is 0 Å². The third-order valence-electron chi connectivity index (χ3n) is 3.29. The van der Waals surface area contributed by atoms with E-state index < -0.39 is 5.82 Å². The number of halogens is 1. The lowest BCUT2D eigenvalue weighted by Crippen LogP contribution is -2.05. The van der Waals surface area contributed by atoms with Crippen LogP contribution in [-0.2, 0) is 0 Å². The van der Waals surface area contributed by atoms with Gasteiger partial charge in [0.15, 0.2) is 11.6 Å². The molecule has 1 aromatic heterocycles. The summed E-state index contributed by atoms with van der Waals surface area (Å²) in [4.78, 5) is 4.25. The zero-order valence-corrected chi connectivity index (χ0v) is 11.6. The predicted octanol–water partition coefficient (Wildman–Crippen LogP) is 4.19. The van der Waals surface area contributed by atoms with Crippen LogP contribution in [0.3, 0.4) is 0 Å². The molecule has 3 nitrogen and oxygen atoms in total. The minimum Gasteiger partial charge on any atom is -0.454 e. The van der Waals surface area contributed by atoms with Crippen LogP contribution in [0.1, 0.15) is 18.5 Å². The van der Waals surface area contributed by atoms with Crippen molar-refractivity contribution in [1.29, 1.82) is 0 Å². The molecule has 0 saturated heterocycles. The zero-order valence-electron chi connectivity index (χ0n) is 11.6. The summed E-state index contributed by atoms with van der Waals surface area (Å²) in [6.45, 7) is 1.81. The third kappa shape index (κ3) is 2.85. The molecule has 0 spiro atoms. The largest absolute Gasteiger partial charge is 0.454 e. The van der Waals surface area contributed by atoms with Crippen molar-refractivity contribution in [3.05, 3.63) is 66.1 Å². The molecule has 0 saturated carbocycles. The Kier molecular flexibility index (Phi) is 3.54. The van der Waals surface area contributed by atoms with Gasteiger partial charge in [0, 0.05) is 23.7 Å². The molecule has 0 aliphatic rings. The van der Waals surface area contributed by atoms with E-state index in [1.807, 2.05) is 25.1 Å². The second kappa shape index (κ2) is 5.50. The Labute approximate surface area is 122 Å². The number of nitrogens with two attached hydrogens (primary N) is 1. The quantitative estimate of drug-likeness (QED) is 0.783. The Morgan fingerprint density at radius 1 is 1.14 bits per heavy atom. The maximum Gasteiger partial charge on any atom is 0.166 e. The molecule has 106 valence electrons. The normalized spacial score (nSPS) is 12.3. The number of rotatable bonds is 3. The van der Waals surface area contributed by atoms with Crippen LogP contribution in [0.15, 0.2) is 54.7 Å². The van der Waals surface area contributed by atoms with Crippen molar-refractivity contribution < 1.29 is 9.13 Å². The number of hydrogen-bond acceptors (Lipinski definition) is 3. The summed E-state index contributed by atoms with van der Waals surface area (Å²) in [5, 5.41) is 1.01. The first-order valence-electron chi connectivity index (χ1n) is 6.71. The fraction of sp³-hybridized carbons (Fsp3) is 0.118. The lowest BCUT2D eigenvalue weighted by molar-refractivity contribution is 0.441. The summed E-state index contributed by atoms with van der Waals surface area (Å²) in [5.41, 5.74) is 7.28. The van der Waals surface area contributed by atoms with Crippen molar-refractivity contribution in [3.8, 4) is 11.5 Å². The van der Waals surface area contributed by atoms with Crippen LogP contribution in [-0.4, -0.2) is 4.98 Å². The zero-order chi connectivity index (χ0) is 14.8. The molecule has 0 radical (unpaired) electrons. The Bertz CT molecular complexity index is 787. The van der Waals surface area contributed by atoms with Gasteiger partial charge >= 0.3 is 0 Å². The van der Waals surface area contributed by atoms with E-state index >= 15 is 0 Å². The summed E-state index contributed by atoms with van der Waals surface area (Å²) < 4.78 is 19.6. The van der Waals surface area contributed by atoms with Gasteiger partial charge in [-0.05, 0) is 42.8 Å². The van der Waals surface area contributed by atoms with E-state index in [1.165, 1.54) is 6.07 Å². The Hall–Kier alpha value is -2.46. The highest BCUT2D eigenvalue weighted by molar-refractivity contribution is 5.79. The van der Waals surface area contributed by atoms with Crippen LogP contribution in [0.4, 0.5) is 4.39 Å². The lowest BCUT2D eigenvalue weighted by Gasteiger charge is -2.10. The van der Waals surface area contributed by atoms with Gasteiger partial charge in [0.05, 0.1) is 5.52 Å². The van der Waals surface area contributed by atoms with Gasteiger partial charge in [-0.1, -0.05) is 12.1 Å². The van der Waals surface area contributed by atoms with Crippen molar-refractivity contribution in [1.82, 2.24) is 4.98 Å². The lowest BCUT2D eigenvalue weighted by atomic mass is 10.1. The average molecular weight is 282 g/mol. The molecule has 0 fully saturated rings. The average Bonchev–Trinajstić information content (AvgIpc) is 2.49. The van der Waals surface area contributed by atoms with Gasteiger partial charge in [0.1, 0.15) is 5.75 Å². The van der Waals surface area contributed by atoms with Crippen molar-refractivity contribution in [2.75, 3.05) is 0 Å². The predicted molar refractivity (Wildman–Crippen MR) is 80.8 cm³/mol. The Morgan fingerprint density at radius 2 is 2.00 bits per heavy atom. The SMILES string of the molecule is CC(N)c1ccc(Oc2ccc3cccnc3c2)c(F)c1. The fourth-order valence-electron chi connectivity index (χ4n) is 2.12. The molecular weight excluding hydrogens is 267 g/mol. The second-order valence-electron chi connectivity index (χ2n) is 4.94. The summed E-state index contributed by atoms with van der Waals surface area (Å²) in [6.07, 6.45) is 1.71. The van der Waals surface area contributed by atoms with E-state index in [0.717, 1.165) is 16.5 Å². The van der Waals surface area contributed by atoms with E-state index in [0.29, 0.717) is 5.75 Å². The van der Waals surface area contributed by atoms with E-state index in [9.17, 15) is 4.39 Å². The van der Waals surface area contributed by atoms with Crippen LogP contribution in [0.2, 0.25) is 0 Å². The molecule has 2 aromatic carbocycles. The van der Waals surface area contributed by atoms with Gasteiger partial charge in [-0.3, -0.25) is 4.98 Å². The minimum atomic E-state index is -0.425. The maximum absolute atomic E-state index is 14.0. The van der Waals surface area contributed by atoms with Crippen molar-refractivity contribution in [2.45, 2.75) is 13.0 Å². The van der Waals surface area contributed by atoms with Crippen LogP contribution in [0.25, 0.3) is 10.9 Å². The van der Waals surface area contributed by atoms with Gasteiger partial charge in [-0.2, -0.15) is 0 Å². The molecule has 2 N–H and O–H groups in total. The molecule has 0 aliphatic carbocycles. The molecule has 0 amide bonds. The van der Waals surface area contributed by atoms with E-state index in [4.69, 9.17) is 10.5 Å². The van der Waals surface area contributed by atoms with Crippen LogP contribution in [0.5, 0.6) is 11.5 Å². The smallest absolute Gasteiger partial charge is 0.166 e. The van der Waals surface area contributed by atoms with E-state index in [1.54, 1.807) is 30.5 Å². The molecule has 4 heteroatoms. The molecule has 0 aliphatic heterocycles. The first kappa shape index (κ1) is 13.5. The third-order valence-corrected chi connectivity index (χ3v) is 3.29. The molecule has 3 rings (SSSR count). The molecule has 21 heavy (non-hydrogen) atoms. The number of hydrogen-bond donors (Lipinski definition) is 1. The number of ether oxygens (including phenoxy) is 1. The standard InChI is InChI=1S/C17H15FN2O/c1-11(19)13-5-7-17(15(18)9-13)21-14-6-4-12-3-2-8-20-16(12)10-14/h2-11H,19H2,1H3. The Morgan fingerprint density at radius 3 is 2.76 bits per heavy atom.